The smallest absolute Gasteiger partial charge is 0.214 e. The topological polar surface area (TPSA) is 98.4 Å². The number of benzene rings is 1. The maximum Gasteiger partial charge on any atom is 0.214 e. The van der Waals surface area contributed by atoms with E-state index < -0.39 is 5.60 Å². The lowest BCUT2D eigenvalue weighted by molar-refractivity contribution is -0.151. The number of methoxy groups -OCH3 is 1. The summed E-state index contributed by atoms with van der Waals surface area (Å²) in [5, 5.41) is 3.93. The number of para-hydroxylation sites is 1. The number of nitrogens with zero attached hydrogens (tertiary/aromatic N) is 2. The molecule has 0 spiro atoms. The van der Waals surface area contributed by atoms with Crippen molar-refractivity contribution in [1.82, 2.24) is 15.0 Å². The lowest BCUT2D eigenvalue weighted by atomic mass is 9.94. The SMILES string of the molecule is COc1c(Cl)cccc1Nc1c(-c2ccnc3ccc(OC4(C)COC4)nc23)[nH]c2c1C(=O)CCC2. The van der Waals surface area contributed by atoms with Crippen molar-refractivity contribution in [2.24, 2.45) is 0 Å². The Hall–Kier alpha value is -3.62. The number of anilines is 2. The van der Waals surface area contributed by atoms with E-state index in [1.807, 2.05) is 37.3 Å². The molecule has 1 saturated heterocycles. The van der Waals surface area contributed by atoms with Gasteiger partial charge in [0.05, 0.1) is 53.5 Å². The van der Waals surface area contributed by atoms with Crippen molar-refractivity contribution in [2.75, 3.05) is 25.6 Å². The monoisotopic (exact) mass is 504 g/mol. The van der Waals surface area contributed by atoms with Gasteiger partial charge in [0, 0.05) is 29.9 Å². The van der Waals surface area contributed by atoms with E-state index in [4.69, 9.17) is 30.8 Å². The Labute approximate surface area is 213 Å². The van der Waals surface area contributed by atoms with Crippen LogP contribution in [0.4, 0.5) is 11.4 Å². The molecule has 6 rings (SSSR count). The van der Waals surface area contributed by atoms with Gasteiger partial charge < -0.3 is 24.5 Å². The van der Waals surface area contributed by atoms with Gasteiger partial charge in [-0.2, -0.15) is 0 Å². The predicted octanol–water partition coefficient (Wildman–Crippen LogP) is 5.72. The van der Waals surface area contributed by atoms with Crippen LogP contribution in [0.2, 0.25) is 5.02 Å². The number of carbonyl (C=O) groups excluding carboxylic acids is 1. The highest BCUT2D eigenvalue weighted by molar-refractivity contribution is 6.32. The molecule has 0 atom stereocenters. The molecule has 0 radical (unpaired) electrons. The quantitative estimate of drug-likeness (QED) is 0.346. The van der Waals surface area contributed by atoms with Crippen molar-refractivity contribution in [2.45, 2.75) is 31.8 Å². The molecular weight excluding hydrogens is 480 g/mol. The molecule has 0 bridgehead atoms. The molecule has 3 aromatic heterocycles. The number of fused-ring (bicyclic) bond motifs is 2. The summed E-state index contributed by atoms with van der Waals surface area (Å²) in [5.41, 5.74) is 5.48. The molecule has 1 aliphatic heterocycles. The molecule has 2 N–H and O–H groups in total. The number of hydrogen-bond acceptors (Lipinski definition) is 7. The Morgan fingerprint density at radius 2 is 2.03 bits per heavy atom. The minimum absolute atomic E-state index is 0.0931. The first-order valence-corrected chi connectivity index (χ1v) is 12.2. The van der Waals surface area contributed by atoms with E-state index in [0.29, 0.717) is 58.7 Å². The summed E-state index contributed by atoms with van der Waals surface area (Å²) >= 11 is 6.38. The van der Waals surface area contributed by atoms with E-state index in [2.05, 4.69) is 15.3 Å². The summed E-state index contributed by atoms with van der Waals surface area (Å²) in [6, 6.07) is 11.1. The molecule has 4 aromatic rings. The van der Waals surface area contributed by atoms with E-state index in [0.717, 1.165) is 35.3 Å². The molecule has 4 heterocycles. The van der Waals surface area contributed by atoms with Gasteiger partial charge in [0.15, 0.2) is 17.1 Å². The third kappa shape index (κ3) is 3.86. The molecule has 1 aromatic carbocycles. The van der Waals surface area contributed by atoms with Crippen LogP contribution in [0.1, 0.15) is 35.8 Å². The van der Waals surface area contributed by atoms with E-state index in [1.54, 1.807) is 19.4 Å². The van der Waals surface area contributed by atoms with Crippen molar-refractivity contribution in [3.63, 3.8) is 0 Å². The number of Topliss-reactive ketones (excluding diaryl/α,β-unsaturated/α-hetero) is 1. The average Bonchev–Trinajstić information content (AvgIpc) is 3.22. The van der Waals surface area contributed by atoms with Crippen LogP contribution in [0.5, 0.6) is 11.6 Å². The molecule has 8 nitrogen and oxygen atoms in total. The van der Waals surface area contributed by atoms with Crippen LogP contribution in [-0.4, -0.2) is 46.7 Å². The van der Waals surface area contributed by atoms with Crippen molar-refractivity contribution in [3.05, 3.63) is 58.9 Å². The molecule has 0 amide bonds. The van der Waals surface area contributed by atoms with Crippen molar-refractivity contribution in [3.8, 4) is 22.9 Å². The Kier molecular flexibility index (Phi) is 5.58. The van der Waals surface area contributed by atoms with Gasteiger partial charge in [0.2, 0.25) is 5.88 Å². The number of nitrogens with one attached hydrogen (secondary N) is 2. The van der Waals surface area contributed by atoms with Gasteiger partial charge in [-0.05, 0) is 44.0 Å². The molecule has 1 fully saturated rings. The van der Waals surface area contributed by atoms with E-state index >= 15 is 0 Å². The van der Waals surface area contributed by atoms with E-state index in [9.17, 15) is 4.79 Å². The van der Waals surface area contributed by atoms with Crippen LogP contribution in [0.25, 0.3) is 22.3 Å². The number of pyridine rings is 2. The van der Waals surface area contributed by atoms with Gasteiger partial charge in [-0.1, -0.05) is 17.7 Å². The zero-order valence-corrected chi connectivity index (χ0v) is 20.7. The van der Waals surface area contributed by atoms with E-state index in [-0.39, 0.29) is 5.78 Å². The fourth-order valence-electron chi connectivity index (χ4n) is 4.84. The second kappa shape index (κ2) is 8.80. The summed E-state index contributed by atoms with van der Waals surface area (Å²) < 4.78 is 17.0. The van der Waals surface area contributed by atoms with Gasteiger partial charge in [-0.15, -0.1) is 0 Å². The van der Waals surface area contributed by atoms with Crippen LogP contribution in [-0.2, 0) is 11.2 Å². The molecule has 36 heavy (non-hydrogen) atoms. The van der Waals surface area contributed by atoms with Gasteiger partial charge >= 0.3 is 0 Å². The highest BCUT2D eigenvalue weighted by atomic mass is 35.5. The van der Waals surface area contributed by atoms with Gasteiger partial charge in [0.25, 0.3) is 0 Å². The standard InChI is InChI=1S/C27H25ClN4O4/c1-27(13-35-14-27)36-21-10-9-18-23(32-21)15(11-12-29-18)24-25(22-17(30-24)6-4-8-20(22)33)31-19-7-3-5-16(28)26(19)34-2/h3,5,7,9-12,30-31H,4,6,8,13-14H2,1-2H3. The van der Waals surface area contributed by atoms with Gasteiger partial charge in [-0.25, -0.2) is 4.98 Å². The minimum Gasteiger partial charge on any atom is -0.493 e. The predicted molar refractivity (Wildman–Crippen MR) is 138 cm³/mol. The second-order valence-electron chi connectivity index (χ2n) is 9.37. The molecule has 0 saturated carbocycles. The molecule has 9 heteroatoms. The van der Waals surface area contributed by atoms with Crippen molar-refractivity contribution in [1.29, 1.82) is 0 Å². The fourth-order valence-corrected chi connectivity index (χ4v) is 5.09. The van der Waals surface area contributed by atoms with Gasteiger partial charge in [-0.3, -0.25) is 9.78 Å². The first-order chi connectivity index (χ1) is 17.5. The highest BCUT2D eigenvalue weighted by Crippen LogP contribution is 2.43. The van der Waals surface area contributed by atoms with Crippen molar-refractivity contribution >= 4 is 39.8 Å². The first kappa shape index (κ1) is 22.8. The average molecular weight is 505 g/mol. The van der Waals surface area contributed by atoms with E-state index in [1.165, 1.54) is 0 Å². The van der Waals surface area contributed by atoms with Crippen LogP contribution < -0.4 is 14.8 Å². The van der Waals surface area contributed by atoms with Crippen LogP contribution in [0.3, 0.4) is 0 Å². The summed E-state index contributed by atoms with van der Waals surface area (Å²) in [7, 11) is 1.57. The first-order valence-electron chi connectivity index (χ1n) is 11.9. The third-order valence-electron chi connectivity index (χ3n) is 6.61. The lowest BCUT2D eigenvalue weighted by Gasteiger charge is -2.37. The van der Waals surface area contributed by atoms with Gasteiger partial charge in [0.1, 0.15) is 5.52 Å². The number of halogens is 1. The number of ketones is 1. The fraction of sp³-hybridized carbons (Fsp3) is 0.296. The molecule has 2 aliphatic rings. The molecule has 0 unspecified atom stereocenters. The number of aryl methyl sites for hydroxylation is 1. The Morgan fingerprint density at radius 1 is 1.17 bits per heavy atom. The van der Waals surface area contributed by atoms with Crippen LogP contribution >= 0.6 is 11.6 Å². The molecule has 184 valence electrons. The normalized spacial score (nSPS) is 16.4. The number of H-pyrrole nitrogens is 1. The summed E-state index contributed by atoms with van der Waals surface area (Å²) in [6.07, 6.45) is 3.83. The zero-order valence-electron chi connectivity index (χ0n) is 20.0. The number of rotatable bonds is 6. The number of carbonyl (C=O) groups is 1. The largest absolute Gasteiger partial charge is 0.493 e. The minimum atomic E-state index is -0.392. The van der Waals surface area contributed by atoms with Crippen LogP contribution in [0, 0.1) is 0 Å². The highest BCUT2D eigenvalue weighted by Gasteiger charge is 2.36. The Balaban J connectivity index is 1.52. The lowest BCUT2D eigenvalue weighted by Crippen LogP contribution is -2.51. The Morgan fingerprint density at radius 3 is 2.81 bits per heavy atom. The molecule has 1 aliphatic carbocycles. The maximum atomic E-state index is 13.1. The summed E-state index contributed by atoms with van der Waals surface area (Å²) in [6.45, 7) is 3.04. The number of ether oxygens (including phenoxy) is 3. The number of aromatic nitrogens is 3. The third-order valence-corrected chi connectivity index (χ3v) is 6.91. The number of hydrogen-bond donors (Lipinski definition) is 2. The van der Waals surface area contributed by atoms with Crippen LogP contribution in [0.15, 0.2) is 42.6 Å². The summed E-state index contributed by atoms with van der Waals surface area (Å²) in [4.78, 5) is 25.9. The number of aromatic amines is 1. The second-order valence-corrected chi connectivity index (χ2v) is 9.78. The maximum absolute atomic E-state index is 13.1. The van der Waals surface area contributed by atoms with Crippen molar-refractivity contribution < 1.29 is 19.0 Å². The summed E-state index contributed by atoms with van der Waals surface area (Å²) in [5.74, 6) is 1.10. The zero-order chi connectivity index (χ0) is 24.9. The molecular formula is C27H25ClN4O4. The Bertz CT molecular complexity index is 1490.